The molecule has 0 spiro atoms. The maximum atomic E-state index is 13.6. The number of aromatic nitrogens is 1. The quantitative estimate of drug-likeness (QED) is 0.310. The van der Waals surface area contributed by atoms with E-state index in [0.29, 0.717) is 9.59 Å². The lowest BCUT2D eigenvalue weighted by Gasteiger charge is -2.18. The van der Waals surface area contributed by atoms with Gasteiger partial charge in [0.2, 0.25) is 5.88 Å². The van der Waals surface area contributed by atoms with Crippen molar-refractivity contribution in [2.75, 3.05) is 0 Å². The summed E-state index contributed by atoms with van der Waals surface area (Å²) in [6.45, 7) is 0. The second kappa shape index (κ2) is 9.03. The van der Waals surface area contributed by atoms with Crippen LogP contribution in [0, 0.1) is 0 Å². The molecule has 4 aromatic rings. The number of nitrogens with one attached hydrogen (secondary N) is 1. The molecule has 1 aromatic heterocycles. The normalized spacial score (nSPS) is 11.8. The number of rotatable bonds is 4. The fraction of sp³-hybridized carbons (Fsp3) is 0.0417. The maximum Gasteiger partial charge on any atom is 0.418 e. The molecule has 0 fully saturated rings. The maximum absolute atomic E-state index is 13.6. The van der Waals surface area contributed by atoms with Crippen LogP contribution in [0.1, 0.15) is 21.5 Å². The van der Waals surface area contributed by atoms with Crippen molar-refractivity contribution in [3.05, 3.63) is 105 Å². The summed E-state index contributed by atoms with van der Waals surface area (Å²) < 4.78 is 41.4. The van der Waals surface area contributed by atoms with E-state index in [9.17, 15) is 27.9 Å². The van der Waals surface area contributed by atoms with E-state index in [1.54, 1.807) is 12.1 Å². The van der Waals surface area contributed by atoms with Gasteiger partial charge in [-0.25, -0.2) is 9.99 Å². The summed E-state index contributed by atoms with van der Waals surface area (Å²) in [7, 11) is 0. The van der Waals surface area contributed by atoms with E-state index in [1.165, 1.54) is 48.5 Å². The van der Waals surface area contributed by atoms with Crippen LogP contribution < -0.4 is 11.0 Å². The number of nitrogens with zero attached hydrogens (tertiary/aromatic N) is 2. The first-order valence-corrected chi connectivity index (χ1v) is 10.2. The van der Waals surface area contributed by atoms with Crippen LogP contribution in [-0.4, -0.2) is 21.8 Å². The Labute approximate surface area is 195 Å². The SMILES string of the molecule is O=C(NN=Cc1c(O)n(-c2ccccc2C(F)(F)F)c(=O)c2ccccc12)c1ccc(Cl)cc1. The highest BCUT2D eigenvalue weighted by molar-refractivity contribution is 6.30. The highest BCUT2D eigenvalue weighted by Crippen LogP contribution is 2.35. The fourth-order valence-corrected chi connectivity index (χ4v) is 3.57. The highest BCUT2D eigenvalue weighted by Gasteiger charge is 2.34. The molecule has 4 rings (SSSR count). The zero-order valence-corrected chi connectivity index (χ0v) is 17.9. The van der Waals surface area contributed by atoms with E-state index in [1.807, 2.05) is 0 Å². The molecule has 10 heteroatoms. The van der Waals surface area contributed by atoms with Gasteiger partial charge in [-0.15, -0.1) is 0 Å². The molecular weight excluding hydrogens is 471 g/mol. The van der Waals surface area contributed by atoms with Crippen LogP contribution in [0.2, 0.25) is 5.02 Å². The molecule has 0 aliphatic carbocycles. The Bertz CT molecular complexity index is 1480. The molecule has 0 bridgehead atoms. The lowest BCUT2D eigenvalue weighted by atomic mass is 10.1. The summed E-state index contributed by atoms with van der Waals surface area (Å²) in [4.78, 5) is 25.4. The van der Waals surface area contributed by atoms with Gasteiger partial charge in [0.1, 0.15) is 0 Å². The van der Waals surface area contributed by atoms with Crippen molar-refractivity contribution in [3.8, 4) is 11.6 Å². The second-order valence-corrected chi connectivity index (χ2v) is 7.58. The van der Waals surface area contributed by atoms with Gasteiger partial charge in [-0.3, -0.25) is 9.59 Å². The molecule has 1 amide bonds. The van der Waals surface area contributed by atoms with Crippen molar-refractivity contribution >= 4 is 34.5 Å². The molecule has 0 radical (unpaired) electrons. The first-order valence-electron chi connectivity index (χ1n) is 9.81. The first-order chi connectivity index (χ1) is 16.2. The third-order valence-corrected chi connectivity index (χ3v) is 5.27. The molecule has 3 aromatic carbocycles. The van der Waals surface area contributed by atoms with Gasteiger partial charge in [0.05, 0.1) is 23.0 Å². The number of aromatic hydroxyl groups is 1. The van der Waals surface area contributed by atoms with Crippen LogP contribution >= 0.6 is 11.6 Å². The Morgan fingerprint density at radius 1 is 0.971 bits per heavy atom. The van der Waals surface area contributed by atoms with Gasteiger partial charge in [-0.1, -0.05) is 41.9 Å². The summed E-state index contributed by atoms with van der Waals surface area (Å²) in [5.41, 5.74) is 0.0135. The summed E-state index contributed by atoms with van der Waals surface area (Å²) >= 11 is 5.80. The number of alkyl halides is 3. The molecule has 0 aliphatic heterocycles. The Morgan fingerprint density at radius 2 is 1.59 bits per heavy atom. The molecule has 1 heterocycles. The lowest BCUT2D eigenvalue weighted by Crippen LogP contribution is -2.23. The summed E-state index contributed by atoms with van der Waals surface area (Å²) in [6.07, 6.45) is -3.70. The summed E-state index contributed by atoms with van der Waals surface area (Å²) in [5, 5.41) is 15.5. The minimum atomic E-state index is -4.77. The van der Waals surface area contributed by atoms with Crippen molar-refractivity contribution in [2.24, 2.45) is 5.10 Å². The predicted molar refractivity (Wildman–Crippen MR) is 123 cm³/mol. The Morgan fingerprint density at radius 3 is 2.26 bits per heavy atom. The van der Waals surface area contributed by atoms with Crippen LogP contribution in [0.25, 0.3) is 16.5 Å². The molecule has 2 N–H and O–H groups in total. The number of hydrogen-bond acceptors (Lipinski definition) is 4. The van der Waals surface area contributed by atoms with Gasteiger partial charge >= 0.3 is 6.18 Å². The van der Waals surface area contributed by atoms with Crippen LogP contribution in [0.3, 0.4) is 0 Å². The van der Waals surface area contributed by atoms with Crippen molar-refractivity contribution < 1.29 is 23.1 Å². The number of carbonyl (C=O) groups excluding carboxylic acids is 1. The van der Waals surface area contributed by atoms with Gasteiger partial charge in [-0.05, 0) is 42.5 Å². The Kier molecular flexibility index (Phi) is 6.12. The van der Waals surface area contributed by atoms with Gasteiger partial charge in [0, 0.05) is 21.4 Å². The smallest absolute Gasteiger partial charge is 0.418 e. The van der Waals surface area contributed by atoms with E-state index in [0.717, 1.165) is 18.3 Å². The van der Waals surface area contributed by atoms with Crippen LogP contribution in [0.5, 0.6) is 5.88 Å². The predicted octanol–water partition coefficient (Wildman–Crippen LogP) is 5.13. The standard InChI is InChI=1S/C24H15ClF3N3O3/c25-15-11-9-14(10-12-15)21(32)30-29-13-18-16-5-1-2-6-17(16)22(33)31(23(18)34)20-8-4-3-7-19(20)24(26,27)28/h1-13,34H,(H,30,32). The highest BCUT2D eigenvalue weighted by atomic mass is 35.5. The summed E-state index contributed by atoms with van der Waals surface area (Å²) in [5.74, 6) is -1.34. The van der Waals surface area contributed by atoms with E-state index in [-0.39, 0.29) is 21.9 Å². The van der Waals surface area contributed by atoms with Crippen molar-refractivity contribution in [1.29, 1.82) is 0 Å². The average molecular weight is 486 g/mol. The first kappa shape index (κ1) is 23.1. The molecular formula is C24H15ClF3N3O3. The van der Waals surface area contributed by atoms with E-state index >= 15 is 0 Å². The number of benzene rings is 3. The van der Waals surface area contributed by atoms with Gasteiger partial charge in [0.15, 0.2) is 0 Å². The third kappa shape index (κ3) is 4.38. The number of amides is 1. The second-order valence-electron chi connectivity index (χ2n) is 7.14. The Hall–Kier alpha value is -4.11. The molecule has 34 heavy (non-hydrogen) atoms. The zero-order chi connectivity index (χ0) is 24.5. The van der Waals surface area contributed by atoms with Crippen molar-refractivity contribution in [3.63, 3.8) is 0 Å². The van der Waals surface area contributed by atoms with Crippen LogP contribution in [0.15, 0.2) is 82.7 Å². The van der Waals surface area contributed by atoms with Gasteiger partial charge in [0.25, 0.3) is 11.5 Å². The minimum Gasteiger partial charge on any atom is -0.494 e. The average Bonchev–Trinajstić information content (AvgIpc) is 2.81. The number of hydrogen-bond donors (Lipinski definition) is 2. The Balaban J connectivity index is 1.84. The van der Waals surface area contributed by atoms with Crippen LogP contribution in [0.4, 0.5) is 13.2 Å². The number of hydrazone groups is 1. The van der Waals surface area contributed by atoms with Gasteiger partial charge in [-0.2, -0.15) is 18.3 Å². The molecule has 0 saturated carbocycles. The number of pyridine rings is 1. The van der Waals surface area contributed by atoms with E-state index in [4.69, 9.17) is 11.6 Å². The van der Waals surface area contributed by atoms with Crippen molar-refractivity contribution in [2.45, 2.75) is 6.18 Å². The van der Waals surface area contributed by atoms with E-state index < -0.39 is 34.8 Å². The lowest BCUT2D eigenvalue weighted by molar-refractivity contribution is -0.137. The van der Waals surface area contributed by atoms with E-state index in [2.05, 4.69) is 10.5 Å². The topological polar surface area (TPSA) is 83.7 Å². The minimum absolute atomic E-state index is 0.0522. The van der Waals surface area contributed by atoms with Crippen LogP contribution in [-0.2, 0) is 6.18 Å². The molecule has 172 valence electrons. The third-order valence-electron chi connectivity index (χ3n) is 5.02. The summed E-state index contributed by atoms with van der Waals surface area (Å²) in [6, 6.07) is 16.5. The fourth-order valence-electron chi connectivity index (χ4n) is 3.44. The van der Waals surface area contributed by atoms with Gasteiger partial charge < -0.3 is 5.11 Å². The van der Waals surface area contributed by atoms with Crippen molar-refractivity contribution in [1.82, 2.24) is 9.99 Å². The molecule has 6 nitrogen and oxygen atoms in total. The zero-order valence-electron chi connectivity index (χ0n) is 17.2. The number of para-hydroxylation sites is 1. The molecule has 0 unspecified atom stereocenters. The molecule has 0 atom stereocenters. The monoisotopic (exact) mass is 485 g/mol. The molecule has 0 aliphatic rings. The number of fused-ring (bicyclic) bond motifs is 1. The largest absolute Gasteiger partial charge is 0.494 e. The number of halogens is 4. The molecule has 0 saturated heterocycles. The number of carbonyl (C=O) groups is 1.